The van der Waals surface area contributed by atoms with Gasteiger partial charge in [0, 0.05) is 23.3 Å². The third kappa shape index (κ3) is 7.82. The summed E-state index contributed by atoms with van der Waals surface area (Å²) >= 11 is 1.46. The molecule has 1 atom stereocenters. The molecule has 33 heavy (non-hydrogen) atoms. The number of ether oxygens (including phenoxy) is 3. The highest BCUT2D eigenvalue weighted by atomic mass is 32.2. The Bertz CT molecular complexity index is 962. The Balaban J connectivity index is 1.98. The Morgan fingerprint density at radius 2 is 1.85 bits per heavy atom. The molecule has 0 saturated carbocycles. The van der Waals surface area contributed by atoms with Gasteiger partial charge in [0.1, 0.15) is 30.0 Å². The van der Waals surface area contributed by atoms with E-state index in [1.807, 2.05) is 6.07 Å². The molecule has 1 unspecified atom stereocenters. The second kappa shape index (κ2) is 11.1. The summed E-state index contributed by atoms with van der Waals surface area (Å²) in [5.74, 6) is -1.56. The minimum atomic E-state index is -4.77. The van der Waals surface area contributed by atoms with Crippen molar-refractivity contribution in [3.8, 4) is 11.5 Å². The smallest absolute Gasteiger partial charge is 0.419 e. The van der Waals surface area contributed by atoms with Gasteiger partial charge < -0.3 is 19.3 Å². The number of halogens is 4. The number of carboxylic acid groups (broad SMARTS) is 1. The maximum absolute atomic E-state index is 13.7. The first-order chi connectivity index (χ1) is 15.3. The molecule has 0 bridgehead atoms. The lowest BCUT2D eigenvalue weighted by Gasteiger charge is -2.23. The van der Waals surface area contributed by atoms with Gasteiger partial charge in [0.25, 0.3) is 0 Å². The zero-order chi connectivity index (χ0) is 24.8. The number of thioether (sulfide) groups is 1. The van der Waals surface area contributed by atoms with E-state index in [2.05, 4.69) is 0 Å². The van der Waals surface area contributed by atoms with Crippen molar-refractivity contribution in [2.75, 3.05) is 19.0 Å². The standard InChI is InChI=1S/C23H26F4O5S/c1-5-30-16(12-31-15-6-8-18(19(24)11-15)23(25,26)27)13-33-17-7-9-20(14(2)10-17)32-22(3,4)21(28)29/h6-11,16H,5,12-13H2,1-4H3,(H,28,29). The van der Waals surface area contributed by atoms with Crippen molar-refractivity contribution in [2.45, 2.75) is 50.5 Å². The van der Waals surface area contributed by atoms with Crippen LogP contribution in [-0.4, -0.2) is 41.7 Å². The first-order valence-electron chi connectivity index (χ1n) is 10.1. The molecule has 0 aliphatic carbocycles. The lowest BCUT2D eigenvalue weighted by Crippen LogP contribution is -2.38. The summed E-state index contributed by atoms with van der Waals surface area (Å²) in [5, 5.41) is 9.22. The summed E-state index contributed by atoms with van der Waals surface area (Å²) in [5.41, 5.74) is -1.95. The van der Waals surface area contributed by atoms with E-state index in [1.54, 1.807) is 26.0 Å². The molecule has 0 spiro atoms. The number of carbonyl (C=O) groups is 1. The average molecular weight is 491 g/mol. The quantitative estimate of drug-likeness (QED) is 0.309. The monoisotopic (exact) mass is 490 g/mol. The number of aryl methyl sites for hydroxylation is 1. The summed E-state index contributed by atoms with van der Waals surface area (Å²) in [7, 11) is 0. The highest BCUT2D eigenvalue weighted by Crippen LogP contribution is 2.33. The molecule has 0 radical (unpaired) electrons. The molecule has 0 aliphatic rings. The molecule has 0 fully saturated rings. The third-order valence-electron chi connectivity index (χ3n) is 4.55. The second-order valence-electron chi connectivity index (χ2n) is 7.68. The van der Waals surface area contributed by atoms with Crippen LogP contribution in [0.5, 0.6) is 11.5 Å². The van der Waals surface area contributed by atoms with Crippen LogP contribution in [0.1, 0.15) is 31.9 Å². The molecule has 2 aromatic rings. The van der Waals surface area contributed by atoms with Gasteiger partial charge in [-0.25, -0.2) is 9.18 Å². The van der Waals surface area contributed by atoms with E-state index >= 15 is 0 Å². The van der Waals surface area contributed by atoms with Gasteiger partial charge in [0.15, 0.2) is 5.60 Å². The number of hydrogen-bond donors (Lipinski definition) is 1. The van der Waals surface area contributed by atoms with Gasteiger partial charge in [-0.15, -0.1) is 11.8 Å². The van der Waals surface area contributed by atoms with Gasteiger partial charge >= 0.3 is 12.1 Å². The second-order valence-corrected chi connectivity index (χ2v) is 8.78. The molecule has 0 saturated heterocycles. The third-order valence-corrected chi connectivity index (χ3v) is 5.67. The molecule has 5 nitrogen and oxygen atoms in total. The van der Waals surface area contributed by atoms with E-state index in [-0.39, 0.29) is 12.4 Å². The minimum absolute atomic E-state index is 0.0198. The summed E-state index contributed by atoms with van der Waals surface area (Å²) in [6, 6.07) is 7.77. The van der Waals surface area contributed by atoms with Gasteiger partial charge in [0.2, 0.25) is 0 Å². The number of carboxylic acids is 1. The maximum atomic E-state index is 13.7. The van der Waals surface area contributed by atoms with Gasteiger partial charge in [-0.3, -0.25) is 0 Å². The topological polar surface area (TPSA) is 65.0 Å². The number of hydrogen-bond acceptors (Lipinski definition) is 5. The van der Waals surface area contributed by atoms with Crippen molar-refractivity contribution in [1.29, 1.82) is 0 Å². The SMILES string of the molecule is CCOC(COc1ccc(C(F)(F)F)c(F)c1)CSc1ccc(OC(C)(C)C(=O)O)c(C)c1. The molecule has 0 aliphatic heterocycles. The summed E-state index contributed by atoms with van der Waals surface area (Å²) in [6.07, 6.45) is -5.16. The van der Waals surface area contributed by atoms with E-state index in [0.717, 1.165) is 16.5 Å². The van der Waals surface area contributed by atoms with E-state index in [9.17, 15) is 27.5 Å². The highest BCUT2D eigenvalue weighted by Gasteiger charge is 2.34. The van der Waals surface area contributed by atoms with Crippen molar-refractivity contribution in [3.63, 3.8) is 0 Å². The lowest BCUT2D eigenvalue weighted by atomic mass is 10.1. The lowest BCUT2D eigenvalue weighted by molar-refractivity contribution is -0.152. The van der Waals surface area contributed by atoms with Crippen molar-refractivity contribution in [1.82, 2.24) is 0 Å². The van der Waals surface area contributed by atoms with Crippen LogP contribution in [0.15, 0.2) is 41.3 Å². The van der Waals surface area contributed by atoms with Crippen molar-refractivity contribution in [3.05, 3.63) is 53.3 Å². The molecular formula is C23H26F4O5S. The Kier molecular flexibility index (Phi) is 9.02. The Morgan fingerprint density at radius 3 is 2.39 bits per heavy atom. The number of benzene rings is 2. The Hall–Kier alpha value is -2.46. The fraction of sp³-hybridized carbons (Fsp3) is 0.435. The van der Waals surface area contributed by atoms with E-state index in [4.69, 9.17) is 14.2 Å². The van der Waals surface area contributed by atoms with Crippen molar-refractivity contribution < 1.29 is 41.7 Å². The molecule has 1 N–H and O–H groups in total. The fourth-order valence-electron chi connectivity index (χ4n) is 2.72. The van der Waals surface area contributed by atoms with Crippen molar-refractivity contribution in [2.24, 2.45) is 0 Å². The fourth-order valence-corrected chi connectivity index (χ4v) is 3.71. The molecule has 10 heteroatoms. The average Bonchev–Trinajstić information content (AvgIpc) is 2.70. The van der Waals surface area contributed by atoms with Gasteiger partial charge in [-0.05, 0) is 63.6 Å². The highest BCUT2D eigenvalue weighted by molar-refractivity contribution is 7.99. The predicted molar refractivity (Wildman–Crippen MR) is 117 cm³/mol. The first kappa shape index (κ1) is 26.8. The zero-order valence-electron chi connectivity index (χ0n) is 18.7. The van der Waals surface area contributed by atoms with Crippen LogP contribution in [0, 0.1) is 12.7 Å². The molecule has 0 aromatic heterocycles. The molecule has 0 heterocycles. The largest absolute Gasteiger partial charge is 0.491 e. The van der Waals surface area contributed by atoms with E-state index < -0.39 is 35.2 Å². The summed E-state index contributed by atoms with van der Waals surface area (Å²) in [6.45, 7) is 6.96. The van der Waals surface area contributed by atoms with Crippen molar-refractivity contribution >= 4 is 17.7 Å². The van der Waals surface area contributed by atoms with Gasteiger partial charge in [0.05, 0.1) is 5.56 Å². The van der Waals surface area contributed by atoms with E-state index in [1.165, 1.54) is 25.6 Å². The van der Waals surface area contributed by atoms with Crippen LogP contribution in [0.4, 0.5) is 17.6 Å². The van der Waals surface area contributed by atoms with E-state index in [0.29, 0.717) is 30.2 Å². The number of aliphatic carboxylic acids is 1. The van der Waals surface area contributed by atoms with Crippen LogP contribution in [0.2, 0.25) is 0 Å². The molecule has 2 rings (SSSR count). The summed E-state index contributed by atoms with van der Waals surface area (Å²) in [4.78, 5) is 12.1. The van der Waals surface area contributed by atoms with Crippen LogP contribution in [0.3, 0.4) is 0 Å². The Morgan fingerprint density at radius 1 is 1.15 bits per heavy atom. The molecule has 0 amide bonds. The molecular weight excluding hydrogens is 464 g/mol. The zero-order valence-corrected chi connectivity index (χ0v) is 19.5. The molecule has 182 valence electrons. The molecule has 2 aromatic carbocycles. The number of rotatable bonds is 11. The van der Waals surface area contributed by atoms with Crippen LogP contribution in [-0.2, 0) is 15.7 Å². The van der Waals surface area contributed by atoms with Crippen LogP contribution < -0.4 is 9.47 Å². The van der Waals surface area contributed by atoms with Crippen LogP contribution in [0.25, 0.3) is 0 Å². The van der Waals surface area contributed by atoms with Gasteiger partial charge in [-0.2, -0.15) is 13.2 Å². The maximum Gasteiger partial charge on any atom is 0.419 e. The Labute approximate surface area is 194 Å². The number of alkyl halides is 3. The first-order valence-corrected chi connectivity index (χ1v) is 11.1. The minimum Gasteiger partial charge on any atom is -0.491 e. The normalized spacial score (nSPS) is 13.0. The van der Waals surface area contributed by atoms with Crippen LogP contribution >= 0.6 is 11.8 Å². The summed E-state index contributed by atoms with van der Waals surface area (Å²) < 4.78 is 68.5. The van der Waals surface area contributed by atoms with Gasteiger partial charge in [-0.1, -0.05) is 0 Å². The predicted octanol–water partition coefficient (Wildman–Crippen LogP) is 5.97.